The first-order chi connectivity index (χ1) is 19.5. The molecule has 4 aromatic rings. The minimum Gasteiger partial charge on any atom is -0.492 e. The third-order valence-corrected chi connectivity index (χ3v) is 8.14. The molecule has 1 N–H and O–H groups in total. The summed E-state index contributed by atoms with van der Waals surface area (Å²) < 4.78 is 5.63. The number of hydrogen-bond acceptors (Lipinski definition) is 4. The highest BCUT2D eigenvalue weighted by molar-refractivity contribution is 6.30. The topological polar surface area (TPSA) is 41.6 Å². The molecule has 0 amide bonds. The lowest BCUT2D eigenvalue weighted by Crippen LogP contribution is -2.53. The van der Waals surface area contributed by atoms with Gasteiger partial charge >= 0.3 is 0 Å². The molecule has 40 heavy (non-hydrogen) atoms. The van der Waals surface area contributed by atoms with E-state index in [1.165, 1.54) is 16.7 Å². The summed E-state index contributed by atoms with van der Waals surface area (Å²) in [7, 11) is 1.58. The van der Waals surface area contributed by atoms with Crippen LogP contribution < -0.4 is 15.5 Å². The van der Waals surface area contributed by atoms with Gasteiger partial charge in [0.05, 0.1) is 7.11 Å². The molecule has 1 aliphatic rings. The van der Waals surface area contributed by atoms with Crippen molar-refractivity contribution < 1.29 is 4.74 Å². The maximum Gasteiger partial charge on any atom is 0.221 e. The summed E-state index contributed by atoms with van der Waals surface area (Å²) >= 11 is 6.26. The number of rotatable bonds is 8. The molecular weight excluding hydrogens is 516 g/mol. The van der Waals surface area contributed by atoms with Gasteiger partial charge in [-0.1, -0.05) is 104 Å². The highest BCUT2D eigenvalue weighted by Gasteiger charge is 2.32. The predicted molar refractivity (Wildman–Crippen MR) is 166 cm³/mol. The Balaban J connectivity index is 1.47. The maximum absolute atomic E-state index is 12.8. The third-order valence-electron chi connectivity index (χ3n) is 7.89. The Kier molecular flexibility index (Phi) is 9.01. The van der Waals surface area contributed by atoms with Crippen LogP contribution in [0.25, 0.3) is 11.1 Å². The van der Waals surface area contributed by atoms with Gasteiger partial charge in [0.15, 0.2) is 5.75 Å². The Bertz CT molecular complexity index is 1470. The Morgan fingerprint density at radius 2 is 1.60 bits per heavy atom. The molecule has 4 nitrogen and oxygen atoms in total. The minimum atomic E-state index is -0.105. The zero-order valence-electron chi connectivity index (χ0n) is 23.4. The summed E-state index contributed by atoms with van der Waals surface area (Å²) in [5.41, 5.74) is 6.68. The average molecular weight is 553 g/mol. The number of ether oxygens (including phenoxy) is 1. The standard InChI is InChI=1S/C35H37ClN2O2/c1-24(2)30-10-7-11-32(39)35(40-3)34(30)28-14-12-25(13-15-28)23-38-21-20-37-22-31(38)33(26-8-5-4-6-9-26)27-16-18-29(36)19-17-27/h4-19,24,31,33,37H,20-23H2,1-3H3. The van der Waals surface area contributed by atoms with Crippen LogP contribution in [0.4, 0.5) is 0 Å². The Hall–Kier alpha value is -3.44. The molecule has 2 unspecified atom stereocenters. The van der Waals surface area contributed by atoms with Crippen LogP contribution in [-0.4, -0.2) is 37.7 Å². The molecule has 0 aromatic heterocycles. The van der Waals surface area contributed by atoms with Crippen molar-refractivity contribution in [3.8, 4) is 16.9 Å². The lowest BCUT2D eigenvalue weighted by molar-refractivity contribution is 0.139. The Labute approximate surface area is 242 Å². The van der Waals surface area contributed by atoms with Crippen LogP contribution in [0, 0.1) is 0 Å². The van der Waals surface area contributed by atoms with Crippen LogP contribution in [0.5, 0.6) is 5.75 Å². The van der Waals surface area contributed by atoms with Crippen molar-refractivity contribution in [2.45, 2.75) is 38.3 Å². The van der Waals surface area contributed by atoms with Gasteiger partial charge in [0, 0.05) is 48.7 Å². The average Bonchev–Trinajstić information content (AvgIpc) is 3.14. The zero-order valence-corrected chi connectivity index (χ0v) is 24.2. The van der Waals surface area contributed by atoms with Crippen LogP contribution >= 0.6 is 11.6 Å². The van der Waals surface area contributed by atoms with E-state index < -0.39 is 0 Å². The summed E-state index contributed by atoms with van der Waals surface area (Å²) in [5.74, 6) is 0.861. The van der Waals surface area contributed by atoms with Gasteiger partial charge in [-0.2, -0.15) is 0 Å². The van der Waals surface area contributed by atoms with Crippen LogP contribution in [-0.2, 0) is 6.54 Å². The summed E-state index contributed by atoms with van der Waals surface area (Å²) in [6.07, 6.45) is 0. The van der Waals surface area contributed by atoms with Crippen molar-refractivity contribution >= 4 is 11.6 Å². The van der Waals surface area contributed by atoms with E-state index in [-0.39, 0.29) is 23.3 Å². The second kappa shape index (κ2) is 12.8. The quantitative estimate of drug-likeness (QED) is 0.253. The van der Waals surface area contributed by atoms with Crippen molar-refractivity contribution in [1.82, 2.24) is 10.2 Å². The molecule has 0 spiro atoms. The molecule has 1 aliphatic heterocycles. The van der Waals surface area contributed by atoms with Gasteiger partial charge in [-0.3, -0.25) is 9.69 Å². The molecule has 2 atom stereocenters. The molecule has 1 fully saturated rings. The number of nitrogens with zero attached hydrogens (tertiary/aromatic N) is 1. The van der Waals surface area contributed by atoms with Crippen LogP contribution in [0.3, 0.4) is 0 Å². The Morgan fingerprint density at radius 1 is 0.900 bits per heavy atom. The molecule has 1 saturated heterocycles. The van der Waals surface area contributed by atoms with E-state index in [4.69, 9.17) is 16.3 Å². The molecular formula is C35H37ClN2O2. The van der Waals surface area contributed by atoms with Gasteiger partial charge < -0.3 is 10.1 Å². The third kappa shape index (κ3) is 6.15. The van der Waals surface area contributed by atoms with E-state index in [1.54, 1.807) is 13.2 Å². The molecule has 206 valence electrons. The lowest BCUT2D eigenvalue weighted by Gasteiger charge is -2.41. The summed E-state index contributed by atoms with van der Waals surface area (Å²) in [6.45, 7) is 7.95. The van der Waals surface area contributed by atoms with Gasteiger partial charge in [-0.15, -0.1) is 0 Å². The normalized spacial score (nSPS) is 16.6. The van der Waals surface area contributed by atoms with Crippen molar-refractivity contribution in [3.05, 3.63) is 135 Å². The fourth-order valence-corrected chi connectivity index (χ4v) is 6.03. The van der Waals surface area contributed by atoms with Gasteiger partial charge in [-0.25, -0.2) is 0 Å². The monoisotopic (exact) mass is 552 g/mol. The maximum atomic E-state index is 12.8. The van der Waals surface area contributed by atoms with Crippen molar-refractivity contribution in [2.75, 3.05) is 26.7 Å². The fourth-order valence-electron chi connectivity index (χ4n) is 5.91. The van der Waals surface area contributed by atoms with Crippen LogP contribution in [0.15, 0.2) is 102 Å². The van der Waals surface area contributed by atoms with Crippen molar-refractivity contribution in [2.24, 2.45) is 0 Å². The summed E-state index contributed by atoms with van der Waals surface area (Å²) in [5, 5.41) is 4.39. The molecule has 5 rings (SSSR count). The highest BCUT2D eigenvalue weighted by atomic mass is 35.5. The molecule has 0 saturated carbocycles. The number of benzene rings is 3. The zero-order chi connectivity index (χ0) is 28.1. The predicted octanol–water partition coefficient (Wildman–Crippen LogP) is 7.11. The number of hydrogen-bond donors (Lipinski definition) is 1. The van der Waals surface area contributed by atoms with Crippen LogP contribution in [0.2, 0.25) is 5.02 Å². The van der Waals surface area contributed by atoms with E-state index in [2.05, 4.69) is 90.8 Å². The second-order valence-corrected chi connectivity index (χ2v) is 11.2. The molecule has 0 bridgehead atoms. The van der Waals surface area contributed by atoms with E-state index in [0.717, 1.165) is 47.9 Å². The summed E-state index contributed by atoms with van der Waals surface area (Å²) in [6, 6.07) is 33.4. The first-order valence-electron chi connectivity index (χ1n) is 14.0. The Morgan fingerprint density at radius 3 is 2.27 bits per heavy atom. The molecule has 0 aliphatic carbocycles. The number of piperazine rings is 1. The van der Waals surface area contributed by atoms with Gasteiger partial charge in [0.25, 0.3) is 0 Å². The number of halogens is 1. The van der Waals surface area contributed by atoms with E-state index in [1.807, 2.05) is 24.3 Å². The summed E-state index contributed by atoms with van der Waals surface area (Å²) in [4.78, 5) is 15.3. The van der Waals surface area contributed by atoms with Crippen molar-refractivity contribution in [3.63, 3.8) is 0 Å². The first-order valence-corrected chi connectivity index (χ1v) is 14.4. The highest BCUT2D eigenvalue weighted by Crippen LogP contribution is 2.36. The smallest absolute Gasteiger partial charge is 0.221 e. The largest absolute Gasteiger partial charge is 0.492 e. The number of nitrogens with one attached hydrogen (secondary N) is 1. The van der Waals surface area contributed by atoms with E-state index >= 15 is 0 Å². The molecule has 1 heterocycles. The van der Waals surface area contributed by atoms with Gasteiger partial charge in [0.2, 0.25) is 5.43 Å². The van der Waals surface area contributed by atoms with Crippen LogP contribution in [0.1, 0.15) is 47.9 Å². The molecule has 0 radical (unpaired) electrons. The lowest BCUT2D eigenvalue weighted by atomic mass is 9.83. The van der Waals surface area contributed by atoms with E-state index in [0.29, 0.717) is 5.75 Å². The fraction of sp³-hybridized carbons (Fsp3) is 0.286. The first kappa shape index (κ1) is 28.1. The van der Waals surface area contributed by atoms with Gasteiger partial charge in [-0.05, 0) is 51.9 Å². The molecule has 4 aromatic carbocycles. The molecule has 5 heteroatoms. The number of methoxy groups -OCH3 is 1. The minimum absolute atomic E-state index is 0.105. The van der Waals surface area contributed by atoms with E-state index in [9.17, 15) is 4.79 Å². The van der Waals surface area contributed by atoms with Gasteiger partial charge in [0.1, 0.15) is 0 Å². The van der Waals surface area contributed by atoms with Crippen molar-refractivity contribution in [1.29, 1.82) is 0 Å². The SMILES string of the molecule is COc1c(-c2ccc(CN3CCNCC3C(c3ccccc3)c3ccc(Cl)cc3)cc2)c(C(C)C)cccc1=O. The second-order valence-electron chi connectivity index (χ2n) is 10.8.